The molecule has 3 nitrogen and oxygen atoms in total. The molecule has 0 radical (unpaired) electrons. The molecule has 0 aromatic carbocycles. The fraction of sp³-hybridized carbons (Fsp3) is 0.750. The van der Waals surface area contributed by atoms with Gasteiger partial charge in [-0.25, -0.2) is 0 Å². The summed E-state index contributed by atoms with van der Waals surface area (Å²) in [6, 6.07) is 0. The Labute approximate surface area is 103 Å². The van der Waals surface area contributed by atoms with Crippen LogP contribution in [0.4, 0.5) is 0 Å². The van der Waals surface area contributed by atoms with E-state index in [0.717, 1.165) is 29.5 Å². The predicted molar refractivity (Wildman–Crippen MR) is 68.7 cm³/mol. The van der Waals surface area contributed by atoms with Crippen LogP contribution < -0.4 is 5.32 Å². The Kier molecular flexibility index (Phi) is 4.81. The topological polar surface area (TPSA) is 29.9 Å². The number of hydrogen-bond donors (Lipinski definition) is 1. The maximum absolute atomic E-state index is 6.17. The molecule has 1 N–H and O–H groups in total. The number of rotatable bonds is 5. The number of aromatic nitrogens is 2. The molecular formula is C12H22ClN3. The standard InChI is InChI=1S/C12H22ClN3/c1-8(2)9(3)6-14-7-11-12(13)10(4)15-16(11)5/h8-9,14H,6-7H2,1-5H3. The third-order valence-electron chi connectivity index (χ3n) is 3.16. The summed E-state index contributed by atoms with van der Waals surface area (Å²) in [5.41, 5.74) is 1.97. The van der Waals surface area contributed by atoms with Gasteiger partial charge >= 0.3 is 0 Å². The van der Waals surface area contributed by atoms with Crippen molar-refractivity contribution in [2.24, 2.45) is 18.9 Å². The average molecular weight is 244 g/mol. The van der Waals surface area contributed by atoms with Crippen molar-refractivity contribution in [2.45, 2.75) is 34.2 Å². The molecule has 92 valence electrons. The second-order valence-electron chi connectivity index (χ2n) is 4.82. The van der Waals surface area contributed by atoms with E-state index in [1.807, 2.05) is 18.7 Å². The number of halogens is 1. The van der Waals surface area contributed by atoms with Gasteiger partial charge in [0.05, 0.1) is 16.4 Å². The summed E-state index contributed by atoms with van der Waals surface area (Å²) in [4.78, 5) is 0. The summed E-state index contributed by atoms with van der Waals surface area (Å²) in [7, 11) is 1.93. The highest BCUT2D eigenvalue weighted by Crippen LogP contribution is 2.19. The Balaban J connectivity index is 2.49. The zero-order chi connectivity index (χ0) is 12.3. The van der Waals surface area contributed by atoms with Crippen molar-refractivity contribution in [3.05, 3.63) is 16.4 Å². The van der Waals surface area contributed by atoms with Gasteiger partial charge in [0.2, 0.25) is 0 Å². The zero-order valence-corrected chi connectivity index (χ0v) is 11.6. The lowest BCUT2D eigenvalue weighted by atomic mass is 9.98. The average Bonchev–Trinajstić information content (AvgIpc) is 2.44. The normalized spacial score (nSPS) is 13.4. The zero-order valence-electron chi connectivity index (χ0n) is 10.8. The van der Waals surface area contributed by atoms with Crippen LogP contribution in [0, 0.1) is 18.8 Å². The van der Waals surface area contributed by atoms with Crippen LogP contribution in [0.15, 0.2) is 0 Å². The first-order valence-electron chi connectivity index (χ1n) is 5.82. The van der Waals surface area contributed by atoms with Crippen LogP contribution in [0.3, 0.4) is 0 Å². The first kappa shape index (κ1) is 13.5. The molecule has 1 atom stereocenters. The molecule has 0 aliphatic heterocycles. The van der Waals surface area contributed by atoms with Crippen molar-refractivity contribution < 1.29 is 0 Å². The molecule has 1 aromatic heterocycles. The van der Waals surface area contributed by atoms with Crippen LogP contribution in [0.25, 0.3) is 0 Å². The number of hydrogen-bond acceptors (Lipinski definition) is 2. The van der Waals surface area contributed by atoms with Crippen LogP contribution in [-0.2, 0) is 13.6 Å². The highest BCUT2D eigenvalue weighted by molar-refractivity contribution is 6.31. The van der Waals surface area contributed by atoms with Crippen LogP contribution in [0.1, 0.15) is 32.2 Å². The molecule has 16 heavy (non-hydrogen) atoms. The second kappa shape index (κ2) is 5.69. The molecule has 0 spiro atoms. The smallest absolute Gasteiger partial charge is 0.0860 e. The van der Waals surface area contributed by atoms with E-state index in [9.17, 15) is 0 Å². The maximum Gasteiger partial charge on any atom is 0.0860 e. The summed E-state index contributed by atoms with van der Waals surface area (Å²) in [5, 5.41) is 8.51. The SMILES string of the molecule is Cc1nn(C)c(CNCC(C)C(C)C)c1Cl. The molecule has 0 aliphatic rings. The summed E-state index contributed by atoms with van der Waals surface area (Å²) in [5.74, 6) is 1.38. The minimum absolute atomic E-state index is 0.674. The molecule has 0 amide bonds. The molecular weight excluding hydrogens is 222 g/mol. The lowest BCUT2D eigenvalue weighted by Crippen LogP contribution is -2.24. The van der Waals surface area contributed by atoms with E-state index in [1.54, 1.807) is 0 Å². The summed E-state index contributed by atoms with van der Waals surface area (Å²) < 4.78 is 1.85. The molecule has 4 heteroatoms. The molecule has 0 fully saturated rings. The van der Waals surface area contributed by atoms with E-state index in [1.165, 1.54) is 0 Å². The van der Waals surface area contributed by atoms with Gasteiger partial charge in [-0.15, -0.1) is 0 Å². The Bertz CT molecular complexity index is 344. The molecule has 0 aliphatic carbocycles. The highest BCUT2D eigenvalue weighted by Gasteiger charge is 2.11. The van der Waals surface area contributed by atoms with E-state index in [-0.39, 0.29) is 0 Å². The largest absolute Gasteiger partial charge is 0.311 e. The van der Waals surface area contributed by atoms with Crippen molar-refractivity contribution in [3.8, 4) is 0 Å². The summed E-state index contributed by atoms with van der Waals surface area (Å²) in [6.45, 7) is 10.5. The molecule has 0 bridgehead atoms. The number of nitrogens with one attached hydrogen (secondary N) is 1. The fourth-order valence-corrected chi connectivity index (χ4v) is 1.75. The van der Waals surface area contributed by atoms with Crippen molar-refractivity contribution >= 4 is 11.6 Å². The van der Waals surface area contributed by atoms with Gasteiger partial charge in [0.15, 0.2) is 0 Å². The quantitative estimate of drug-likeness (QED) is 0.862. The molecule has 1 rings (SSSR count). The van der Waals surface area contributed by atoms with Gasteiger partial charge in [0, 0.05) is 13.6 Å². The van der Waals surface area contributed by atoms with Crippen molar-refractivity contribution in [3.63, 3.8) is 0 Å². The van der Waals surface area contributed by atoms with Crippen LogP contribution in [-0.4, -0.2) is 16.3 Å². The lowest BCUT2D eigenvalue weighted by molar-refractivity contribution is 0.390. The Hall–Kier alpha value is -0.540. The van der Waals surface area contributed by atoms with Crippen molar-refractivity contribution in [2.75, 3.05) is 6.54 Å². The van der Waals surface area contributed by atoms with Gasteiger partial charge in [-0.2, -0.15) is 5.10 Å². The minimum atomic E-state index is 0.674. The van der Waals surface area contributed by atoms with Gasteiger partial charge in [0.1, 0.15) is 0 Å². The van der Waals surface area contributed by atoms with Gasteiger partial charge in [0.25, 0.3) is 0 Å². The van der Waals surface area contributed by atoms with E-state index in [0.29, 0.717) is 11.8 Å². The fourth-order valence-electron chi connectivity index (χ4n) is 1.53. The van der Waals surface area contributed by atoms with Gasteiger partial charge in [-0.3, -0.25) is 4.68 Å². The Morgan fingerprint density at radius 2 is 2.00 bits per heavy atom. The predicted octanol–water partition coefficient (Wildman–Crippen LogP) is 2.76. The minimum Gasteiger partial charge on any atom is -0.311 e. The second-order valence-corrected chi connectivity index (χ2v) is 5.20. The van der Waals surface area contributed by atoms with Crippen LogP contribution in [0.5, 0.6) is 0 Å². The number of aryl methyl sites for hydroxylation is 2. The van der Waals surface area contributed by atoms with Crippen LogP contribution in [0.2, 0.25) is 5.02 Å². The van der Waals surface area contributed by atoms with E-state index >= 15 is 0 Å². The van der Waals surface area contributed by atoms with Crippen molar-refractivity contribution in [1.82, 2.24) is 15.1 Å². The lowest BCUT2D eigenvalue weighted by Gasteiger charge is -2.16. The summed E-state index contributed by atoms with van der Waals surface area (Å²) >= 11 is 6.17. The molecule has 0 saturated carbocycles. The Morgan fingerprint density at radius 3 is 2.44 bits per heavy atom. The monoisotopic (exact) mass is 243 g/mol. The summed E-state index contributed by atoms with van der Waals surface area (Å²) in [6.07, 6.45) is 0. The Morgan fingerprint density at radius 1 is 1.38 bits per heavy atom. The van der Waals surface area contributed by atoms with E-state index in [4.69, 9.17) is 11.6 Å². The highest BCUT2D eigenvalue weighted by atomic mass is 35.5. The van der Waals surface area contributed by atoms with Gasteiger partial charge in [-0.1, -0.05) is 32.4 Å². The first-order chi connectivity index (χ1) is 7.43. The third-order valence-corrected chi connectivity index (χ3v) is 3.65. The molecule has 0 saturated heterocycles. The molecule has 1 heterocycles. The van der Waals surface area contributed by atoms with Gasteiger partial charge < -0.3 is 5.32 Å². The van der Waals surface area contributed by atoms with E-state index < -0.39 is 0 Å². The first-order valence-corrected chi connectivity index (χ1v) is 6.20. The number of nitrogens with zero attached hydrogens (tertiary/aromatic N) is 2. The van der Waals surface area contributed by atoms with Crippen molar-refractivity contribution in [1.29, 1.82) is 0 Å². The molecule has 1 unspecified atom stereocenters. The molecule has 1 aromatic rings. The van der Waals surface area contributed by atoms with Crippen LogP contribution >= 0.6 is 11.6 Å². The third kappa shape index (κ3) is 3.22. The van der Waals surface area contributed by atoms with Gasteiger partial charge in [-0.05, 0) is 25.3 Å². The van der Waals surface area contributed by atoms with E-state index in [2.05, 4.69) is 31.2 Å². The maximum atomic E-state index is 6.17.